The van der Waals surface area contributed by atoms with Crippen molar-refractivity contribution in [1.29, 1.82) is 0 Å². The molecule has 0 aliphatic heterocycles. The molecule has 0 aliphatic carbocycles. The van der Waals surface area contributed by atoms with Crippen molar-refractivity contribution in [3.63, 3.8) is 0 Å². The van der Waals surface area contributed by atoms with Crippen LogP contribution in [0.3, 0.4) is 0 Å². The molecule has 5 nitrogen and oxygen atoms in total. The van der Waals surface area contributed by atoms with Gasteiger partial charge in [0, 0.05) is 0 Å². The summed E-state index contributed by atoms with van der Waals surface area (Å²) in [5, 5.41) is 22.7. The maximum atomic E-state index is 13.2. The fourth-order valence-corrected chi connectivity index (χ4v) is 1.52. The van der Waals surface area contributed by atoms with Gasteiger partial charge in [-0.15, -0.1) is 0 Å². The zero-order valence-corrected chi connectivity index (χ0v) is 10.8. The van der Waals surface area contributed by atoms with Crippen LogP contribution < -0.4 is 5.32 Å². The number of nitrogens with one attached hydrogen (secondary N) is 1. The first-order valence-corrected chi connectivity index (χ1v) is 5.73. The molecule has 0 heterocycles. The van der Waals surface area contributed by atoms with Gasteiger partial charge in [0.25, 0.3) is 5.69 Å². The quantitative estimate of drug-likeness (QED) is 0.640. The Morgan fingerprint density at radius 2 is 2.22 bits per heavy atom. The lowest BCUT2D eigenvalue weighted by molar-refractivity contribution is -0.384. The molecule has 1 rings (SSSR count). The van der Waals surface area contributed by atoms with Crippen molar-refractivity contribution in [2.45, 2.75) is 25.8 Å². The second-order valence-corrected chi connectivity index (χ2v) is 4.65. The summed E-state index contributed by atoms with van der Waals surface area (Å²) in [6.45, 7) is 3.31. The van der Waals surface area contributed by atoms with E-state index in [0.29, 0.717) is 6.42 Å². The number of nitro benzene ring substituents is 1. The number of hydrogen-bond acceptors (Lipinski definition) is 4. The minimum Gasteiger partial charge on any atom is -0.394 e. The van der Waals surface area contributed by atoms with E-state index in [1.807, 2.05) is 6.92 Å². The summed E-state index contributed by atoms with van der Waals surface area (Å²) in [5.74, 6) is -0.851. The highest BCUT2D eigenvalue weighted by atomic mass is 35.5. The number of benzene rings is 1. The Morgan fingerprint density at radius 1 is 1.61 bits per heavy atom. The van der Waals surface area contributed by atoms with Crippen molar-refractivity contribution in [3.05, 3.63) is 33.1 Å². The van der Waals surface area contributed by atoms with Crippen LogP contribution in [0.1, 0.15) is 20.3 Å². The molecule has 0 radical (unpaired) electrons. The van der Waals surface area contributed by atoms with E-state index in [1.54, 1.807) is 6.92 Å². The van der Waals surface area contributed by atoms with Crippen LogP contribution in [-0.4, -0.2) is 22.2 Å². The number of halogens is 2. The predicted molar refractivity (Wildman–Crippen MR) is 67.5 cm³/mol. The van der Waals surface area contributed by atoms with Crippen LogP contribution in [0.15, 0.2) is 12.1 Å². The molecule has 18 heavy (non-hydrogen) atoms. The third-order valence-electron chi connectivity index (χ3n) is 2.80. The van der Waals surface area contributed by atoms with E-state index in [2.05, 4.69) is 5.32 Å². The van der Waals surface area contributed by atoms with Crippen molar-refractivity contribution in [2.75, 3.05) is 11.9 Å². The third kappa shape index (κ3) is 3.08. The average molecular weight is 277 g/mol. The molecule has 1 aromatic rings. The van der Waals surface area contributed by atoms with Gasteiger partial charge < -0.3 is 10.4 Å². The van der Waals surface area contributed by atoms with Crippen LogP contribution in [0.4, 0.5) is 15.8 Å². The van der Waals surface area contributed by atoms with E-state index >= 15 is 0 Å². The van der Waals surface area contributed by atoms with Crippen molar-refractivity contribution >= 4 is 23.0 Å². The second-order valence-electron chi connectivity index (χ2n) is 4.24. The molecule has 1 atom stereocenters. The van der Waals surface area contributed by atoms with E-state index in [9.17, 15) is 19.6 Å². The molecule has 0 bridgehead atoms. The zero-order valence-electron chi connectivity index (χ0n) is 10.0. The van der Waals surface area contributed by atoms with Gasteiger partial charge in [0.15, 0.2) is 0 Å². The lowest BCUT2D eigenvalue weighted by atomic mass is 9.99. The van der Waals surface area contributed by atoms with E-state index in [-0.39, 0.29) is 17.3 Å². The Hall–Kier alpha value is -1.40. The number of nitrogens with zero attached hydrogens (tertiary/aromatic N) is 1. The molecule has 0 saturated carbocycles. The summed E-state index contributed by atoms with van der Waals surface area (Å²) in [7, 11) is 0. The predicted octanol–water partition coefficient (Wildman–Crippen LogP) is 2.96. The second kappa shape index (κ2) is 5.49. The average Bonchev–Trinajstić information content (AvgIpc) is 2.33. The Morgan fingerprint density at radius 3 is 2.67 bits per heavy atom. The fraction of sp³-hybridized carbons (Fsp3) is 0.455. The highest BCUT2D eigenvalue weighted by Gasteiger charge is 2.26. The van der Waals surface area contributed by atoms with Gasteiger partial charge in [-0.25, -0.2) is 4.39 Å². The molecule has 2 N–H and O–H groups in total. The van der Waals surface area contributed by atoms with Crippen LogP contribution in [0.25, 0.3) is 0 Å². The number of hydrogen-bond donors (Lipinski definition) is 2. The van der Waals surface area contributed by atoms with Crippen molar-refractivity contribution in [2.24, 2.45) is 0 Å². The number of aliphatic hydroxyl groups is 1. The molecule has 7 heteroatoms. The summed E-state index contributed by atoms with van der Waals surface area (Å²) in [4.78, 5) is 10.1. The van der Waals surface area contributed by atoms with Gasteiger partial charge in [0.2, 0.25) is 0 Å². The van der Waals surface area contributed by atoms with Gasteiger partial charge in [-0.05, 0) is 19.4 Å². The van der Waals surface area contributed by atoms with Gasteiger partial charge in [-0.3, -0.25) is 10.1 Å². The van der Waals surface area contributed by atoms with Crippen LogP contribution in [-0.2, 0) is 0 Å². The molecule has 1 aromatic carbocycles. The summed E-state index contributed by atoms with van der Waals surface area (Å²) < 4.78 is 13.2. The maximum Gasteiger partial charge on any atom is 0.295 e. The lowest BCUT2D eigenvalue weighted by Crippen LogP contribution is -2.38. The van der Waals surface area contributed by atoms with E-state index < -0.39 is 22.0 Å². The Labute approximate surface area is 109 Å². The third-order valence-corrected chi connectivity index (χ3v) is 3.09. The van der Waals surface area contributed by atoms with Crippen LogP contribution >= 0.6 is 11.6 Å². The van der Waals surface area contributed by atoms with E-state index in [0.717, 1.165) is 12.1 Å². The van der Waals surface area contributed by atoms with Crippen LogP contribution in [0.5, 0.6) is 0 Å². The molecule has 0 saturated heterocycles. The van der Waals surface area contributed by atoms with E-state index in [1.165, 1.54) is 0 Å². The number of rotatable bonds is 5. The first-order chi connectivity index (χ1) is 8.33. The van der Waals surface area contributed by atoms with Gasteiger partial charge in [-0.2, -0.15) is 0 Å². The van der Waals surface area contributed by atoms with Gasteiger partial charge in [-0.1, -0.05) is 18.5 Å². The van der Waals surface area contributed by atoms with Crippen LogP contribution in [0, 0.1) is 15.9 Å². The highest BCUT2D eigenvalue weighted by Crippen LogP contribution is 2.32. The monoisotopic (exact) mass is 276 g/mol. The molecule has 0 aromatic heterocycles. The maximum absolute atomic E-state index is 13.2. The standard InChI is InChI=1S/C11H14ClFN2O3/c1-3-11(2,6-16)14-9-4-7(12)8(13)5-10(9)15(17)18/h4-5,14,16H,3,6H2,1-2H3. The zero-order chi connectivity index (χ0) is 13.9. The van der Waals surface area contributed by atoms with Crippen molar-refractivity contribution in [1.82, 2.24) is 0 Å². The molecule has 0 fully saturated rings. The van der Waals surface area contributed by atoms with E-state index in [4.69, 9.17) is 11.6 Å². The van der Waals surface area contributed by atoms with Crippen molar-refractivity contribution < 1.29 is 14.4 Å². The normalized spacial score (nSPS) is 14.1. The minimum atomic E-state index is -0.851. The van der Waals surface area contributed by atoms with Gasteiger partial charge in [0.1, 0.15) is 11.5 Å². The van der Waals surface area contributed by atoms with Crippen LogP contribution in [0.2, 0.25) is 5.02 Å². The van der Waals surface area contributed by atoms with Crippen molar-refractivity contribution in [3.8, 4) is 0 Å². The SMILES string of the molecule is CCC(C)(CO)Nc1cc(Cl)c(F)cc1[N+](=O)[O-]. The Kier molecular flexibility index (Phi) is 4.48. The number of aliphatic hydroxyl groups excluding tert-OH is 1. The molecule has 0 aliphatic rings. The first-order valence-electron chi connectivity index (χ1n) is 5.35. The highest BCUT2D eigenvalue weighted by molar-refractivity contribution is 6.31. The lowest BCUT2D eigenvalue weighted by Gasteiger charge is -2.28. The molecule has 0 spiro atoms. The molecule has 0 amide bonds. The fourth-order valence-electron chi connectivity index (χ4n) is 1.35. The minimum absolute atomic E-state index is 0.0878. The molecule has 1 unspecified atom stereocenters. The van der Waals surface area contributed by atoms with Gasteiger partial charge in [0.05, 0.1) is 28.2 Å². The molecule has 100 valence electrons. The smallest absolute Gasteiger partial charge is 0.295 e. The summed E-state index contributed by atoms with van der Waals surface area (Å²) in [6, 6.07) is 1.91. The first kappa shape index (κ1) is 14.7. The Balaban J connectivity index is 3.22. The summed E-state index contributed by atoms with van der Waals surface area (Å²) >= 11 is 5.61. The molecular weight excluding hydrogens is 263 g/mol. The molecular formula is C11H14ClFN2O3. The Bertz CT molecular complexity index is 464. The summed E-state index contributed by atoms with van der Waals surface area (Å²) in [5.41, 5.74) is -1.05. The number of nitro groups is 1. The number of anilines is 1. The largest absolute Gasteiger partial charge is 0.394 e. The summed E-state index contributed by atoms with van der Waals surface area (Å²) in [6.07, 6.45) is 0.537. The topological polar surface area (TPSA) is 75.4 Å². The van der Waals surface area contributed by atoms with Gasteiger partial charge >= 0.3 is 0 Å².